The standard InChI is InChI=1S/C19H14N2O4/c20-17-15(11-1-5-13(6-2-11)18(22)23)9-21-10-16(17)12-3-7-14(8-4-12)19(24)25/h1-10H,(H2,20,21)(H,22,23)(H,24,25). The normalized spacial score (nSPS) is 10.4. The Hall–Kier alpha value is -3.67. The zero-order valence-electron chi connectivity index (χ0n) is 13.0. The Bertz CT molecular complexity index is 872. The molecule has 25 heavy (non-hydrogen) atoms. The van der Waals surface area contributed by atoms with Crippen LogP contribution in [0.4, 0.5) is 5.69 Å². The molecule has 0 atom stereocenters. The molecule has 0 bridgehead atoms. The Morgan fingerprint density at radius 2 is 1.08 bits per heavy atom. The number of nitrogens with two attached hydrogens (primary N) is 1. The minimum absolute atomic E-state index is 0.190. The van der Waals surface area contributed by atoms with E-state index in [1.54, 1.807) is 36.7 Å². The summed E-state index contributed by atoms with van der Waals surface area (Å²) in [5, 5.41) is 18.0. The van der Waals surface area contributed by atoms with Crippen molar-refractivity contribution in [3.63, 3.8) is 0 Å². The van der Waals surface area contributed by atoms with Gasteiger partial charge in [-0.1, -0.05) is 24.3 Å². The third kappa shape index (κ3) is 3.18. The molecule has 2 aromatic carbocycles. The molecule has 0 aliphatic rings. The van der Waals surface area contributed by atoms with E-state index in [1.165, 1.54) is 24.3 Å². The molecule has 0 saturated carbocycles. The van der Waals surface area contributed by atoms with Crippen LogP contribution in [0.3, 0.4) is 0 Å². The Balaban J connectivity index is 2.02. The van der Waals surface area contributed by atoms with Crippen molar-refractivity contribution in [3.05, 3.63) is 72.1 Å². The van der Waals surface area contributed by atoms with Crippen LogP contribution >= 0.6 is 0 Å². The van der Waals surface area contributed by atoms with Gasteiger partial charge in [-0.2, -0.15) is 0 Å². The highest BCUT2D eigenvalue weighted by molar-refractivity contribution is 5.92. The zero-order chi connectivity index (χ0) is 18.0. The molecule has 6 heteroatoms. The number of carboxylic acids is 2. The Kier molecular flexibility index (Phi) is 4.18. The molecule has 6 nitrogen and oxygen atoms in total. The molecule has 4 N–H and O–H groups in total. The number of aromatic carboxylic acids is 2. The number of pyridine rings is 1. The van der Waals surface area contributed by atoms with E-state index in [0.29, 0.717) is 16.8 Å². The summed E-state index contributed by atoms with van der Waals surface area (Å²) >= 11 is 0. The van der Waals surface area contributed by atoms with Crippen molar-refractivity contribution in [2.45, 2.75) is 0 Å². The van der Waals surface area contributed by atoms with Gasteiger partial charge < -0.3 is 15.9 Å². The Morgan fingerprint density at radius 3 is 1.40 bits per heavy atom. The summed E-state index contributed by atoms with van der Waals surface area (Å²) in [7, 11) is 0. The van der Waals surface area contributed by atoms with Crippen molar-refractivity contribution in [3.8, 4) is 22.3 Å². The van der Waals surface area contributed by atoms with Gasteiger partial charge in [0.2, 0.25) is 0 Å². The van der Waals surface area contributed by atoms with Crippen molar-refractivity contribution in [1.29, 1.82) is 0 Å². The molecule has 3 aromatic rings. The third-order valence-electron chi connectivity index (χ3n) is 3.87. The van der Waals surface area contributed by atoms with Crippen molar-refractivity contribution in [1.82, 2.24) is 4.98 Å². The lowest BCUT2D eigenvalue weighted by atomic mass is 9.98. The monoisotopic (exact) mass is 334 g/mol. The largest absolute Gasteiger partial charge is 0.478 e. The third-order valence-corrected chi connectivity index (χ3v) is 3.87. The molecule has 0 aliphatic heterocycles. The molecule has 0 amide bonds. The molecule has 1 aromatic heterocycles. The van der Waals surface area contributed by atoms with E-state index in [4.69, 9.17) is 15.9 Å². The highest BCUT2D eigenvalue weighted by Gasteiger charge is 2.11. The Labute approximate surface area is 143 Å². The first-order valence-electron chi connectivity index (χ1n) is 7.38. The first-order chi connectivity index (χ1) is 12.0. The average Bonchev–Trinajstić information content (AvgIpc) is 2.62. The van der Waals surface area contributed by atoms with E-state index >= 15 is 0 Å². The lowest BCUT2D eigenvalue weighted by molar-refractivity contribution is 0.0686. The highest BCUT2D eigenvalue weighted by atomic mass is 16.4. The van der Waals surface area contributed by atoms with Crippen molar-refractivity contribution in [2.75, 3.05) is 5.73 Å². The van der Waals surface area contributed by atoms with E-state index in [1.807, 2.05) is 0 Å². The average molecular weight is 334 g/mol. The molecule has 0 spiro atoms. The quantitative estimate of drug-likeness (QED) is 0.674. The van der Waals surface area contributed by atoms with E-state index < -0.39 is 11.9 Å². The second-order valence-corrected chi connectivity index (χ2v) is 5.41. The molecule has 1 heterocycles. The van der Waals surface area contributed by atoms with Gasteiger partial charge in [0.1, 0.15) is 0 Å². The number of carboxylic acid groups (broad SMARTS) is 2. The minimum atomic E-state index is -0.995. The molecule has 124 valence electrons. The first-order valence-corrected chi connectivity index (χ1v) is 7.38. The van der Waals surface area contributed by atoms with Crippen LogP contribution in [0.1, 0.15) is 20.7 Å². The molecule has 3 rings (SSSR count). The predicted molar refractivity (Wildman–Crippen MR) is 93.4 cm³/mol. The predicted octanol–water partition coefficient (Wildman–Crippen LogP) is 3.39. The van der Waals surface area contributed by atoms with Gasteiger partial charge in [-0.25, -0.2) is 9.59 Å². The second kappa shape index (κ2) is 6.45. The van der Waals surface area contributed by atoms with Crippen LogP contribution in [0.25, 0.3) is 22.3 Å². The van der Waals surface area contributed by atoms with E-state index in [0.717, 1.165) is 11.1 Å². The molecule has 0 aliphatic carbocycles. The van der Waals surface area contributed by atoms with E-state index in [-0.39, 0.29) is 11.1 Å². The topological polar surface area (TPSA) is 114 Å². The molecule has 0 radical (unpaired) electrons. The van der Waals surface area contributed by atoms with Crippen LogP contribution in [0.15, 0.2) is 60.9 Å². The van der Waals surface area contributed by atoms with Gasteiger partial charge in [-0.15, -0.1) is 0 Å². The lowest BCUT2D eigenvalue weighted by Crippen LogP contribution is -1.98. The smallest absolute Gasteiger partial charge is 0.335 e. The number of aromatic nitrogens is 1. The van der Waals surface area contributed by atoms with Crippen LogP contribution in [0.2, 0.25) is 0 Å². The molecular formula is C19H14N2O4. The van der Waals surface area contributed by atoms with E-state index in [9.17, 15) is 9.59 Å². The van der Waals surface area contributed by atoms with Gasteiger partial charge in [0.25, 0.3) is 0 Å². The summed E-state index contributed by atoms with van der Waals surface area (Å²) in [5.41, 5.74) is 9.99. The fraction of sp³-hybridized carbons (Fsp3) is 0. The summed E-state index contributed by atoms with van der Waals surface area (Å²) in [4.78, 5) is 26.1. The maximum atomic E-state index is 11.0. The van der Waals surface area contributed by atoms with E-state index in [2.05, 4.69) is 4.98 Å². The highest BCUT2D eigenvalue weighted by Crippen LogP contribution is 2.33. The van der Waals surface area contributed by atoms with Gasteiger partial charge in [-0.05, 0) is 35.4 Å². The number of rotatable bonds is 4. The van der Waals surface area contributed by atoms with Crippen LogP contribution in [-0.2, 0) is 0 Å². The van der Waals surface area contributed by atoms with Crippen LogP contribution in [0.5, 0.6) is 0 Å². The first kappa shape index (κ1) is 16.2. The summed E-state index contributed by atoms with van der Waals surface area (Å²) in [6, 6.07) is 12.7. The maximum absolute atomic E-state index is 11.0. The number of benzene rings is 2. The second-order valence-electron chi connectivity index (χ2n) is 5.41. The molecule has 0 saturated heterocycles. The number of nitrogen functional groups attached to an aromatic ring is 1. The number of nitrogens with zero attached hydrogens (tertiary/aromatic N) is 1. The Morgan fingerprint density at radius 1 is 0.720 bits per heavy atom. The number of hydrogen-bond acceptors (Lipinski definition) is 4. The van der Waals surface area contributed by atoms with Crippen LogP contribution < -0.4 is 5.73 Å². The van der Waals surface area contributed by atoms with Gasteiger partial charge >= 0.3 is 11.9 Å². The summed E-state index contributed by atoms with van der Waals surface area (Å²) in [5.74, 6) is -1.99. The molecule has 0 unspecified atom stereocenters. The van der Waals surface area contributed by atoms with Gasteiger partial charge in [0.15, 0.2) is 0 Å². The van der Waals surface area contributed by atoms with Crippen molar-refractivity contribution < 1.29 is 19.8 Å². The molecular weight excluding hydrogens is 320 g/mol. The fourth-order valence-corrected chi connectivity index (χ4v) is 2.52. The summed E-state index contributed by atoms with van der Waals surface area (Å²) < 4.78 is 0. The number of anilines is 1. The van der Waals surface area contributed by atoms with Crippen LogP contribution in [0, 0.1) is 0 Å². The zero-order valence-corrected chi connectivity index (χ0v) is 13.0. The minimum Gasteiger partial charge on any atom is -0.478 e. The SMILES string of the molecule is Nc1c(-c2ccc(C(=O)O)cc2)cncc1-c1ccc(C(=O)O)cc1. The molecule has 0 fully saturated rings. The van der Waals surface area contributed by atoms with Gasteiger partial charge in [0.05, 0.1) is 16.8 Å². The number of hydrogen-bond donors (Lipinski definition) is 3. The maximum Gasteiger partial charge on any atom is 0.335 e. The van der Waals surface area contributed by atoms with Gasteiger partial charge in [-0.3, -0.25) is 4.98 Å². The fourth-order valence-electron chi connectivity index (χ4n) is 2.52. The van der Waals surface area contributed by atoms with Crippen LogP contribution in [-0.4, -0.2) is 27.1 Å². The summed E-state index contributed by atoms with van der Waals surface area (Å²) in [6.07, 6.45) is 3.22. The van der Waals surface area contributed by atoms with Crippen molar-refractivity contribution in [2.24, 2.45) is 0 Å². The van der Waals surface area contributed by atoms with Gasteiger partial charge in [0, 0.05) is 23.5 Å². The number of carbonyl (C=O) groups is 2. The summed E-state index contributed by atoms with van der Waals surface area (Å²) in [6.45, 7) is 0. The van der Waals surface area contributed by atoms with Crippen molar-refractivity contribution >= 4 is 17.6 Å². The lowest BCUT2D eigenvalue weighted by Gasteiger charge is -2.11.